The zero-order valence-electron chi connectivity index (χ0n) is 9.85. The van der Waals surface area contributed by atoms with Crippen molar-refractivity contribution in [2.45, 2.75) is 58.8 Å². The Bertz CT molecular complexity index is 274. The highest BCUT2D eigenvalue weighted by molar-refractivity contribution is 5.12. The van der Waals surface area contributed by atoms with Gasteiger partial charge in [-0.05, 0) is 12.8 Å². The molecule has 2 nitrogen and oxygen atoms in total. The summed E-state index contributed by atoms with van der Waals surface area (Å²) in [6, 6.07) is 0. The van der Waals surface area contributed by atoms with Crippen molar-refractivity contribution in [3.05, 3.63) is 17.7 Å². The van der Waals surface area contributed by atoms with Crippen LogP contribution in [0.4, 0.5) is 0 Å². The molecule has 0 aliphatic carbocycles. The fraction of sp³-hybridized carbons (Fsp3) is 0.750. The molecule has 0 aliphatic rings. The first-order chi connectivity index (χ1) is 6.60. The summed E-state index contributed by atoms with van der Waals surface area (Å²) in [7, 11) is 0. The number of aryl methyl sites for hydroxylation is 1. The van der Waals surface area contributed by atoms with Gasteiger partial charge in [0.1, 0.15) is 5.82 Å². The second-order valence-electron chi connectivity index (χ2n) is 4.58. The van der Waals surface area contributed by atoms with Crippen molar-refractivity contribution >= 4 is 0 Å². The summed E-state index contributed by atoms with van der Waals surface area (Å²) in [6.07, 6.45) is 6.67. The monoisotopic (exact) mass is 194 g/mol. The number of rotatable bonds is 5. The molecule has 0 unspecified atom stereocenters. The molecule has 14 heavy (non-hydrogen) atoms. The molecule has 0 saturated carbocycles. The largest absolute Gasteiger partial charge is 0.345 e. The van der Waals surface area contributed by atoms with Crippen LogP contribution in [-0.2, 0) is 11.8 Å². The van der Waals surface area contributed by atoms with Crippen molar-refractivity contribution in [1.29, 1.82) is 0 Å². The van der Waals surface area contributed by atoms with Gasteiger partial charge in [0.05, 0.1) is 0 Å². The lowest BCUT2D eigenvalue weighted by Gasteiger charge is -2.20. The average molecular weight is 194 g/mol. The van der Waals surface area contributed by atoms with E-state index in [9.17, 15) is 0 Å². The van der Waals surface area contributed by atoms with E-state index in [-0.39, 0.29) is 5.41 Å². The minimum absolute atomic E-state index is 0.234. The normalized spacial score (nSPS) is 12.0. The number of nitrogens with zero attached hydrogens (tertiary/aromatic N) is 1. The van der Waals surface area contributed by atoms with Crippen LogP contribution in [0.1, 0.15) is 58.5 Å². The van der Waals surface area contributed by atoms with Crippen LogP contribution in [0.5, 0.6) is 0 Å². The first-order valence-electron chi connectivity index (χ1n) is 5.64. The lowest BCUT2D eigenvalue weighted by Crippen LogP contribution is -2.15. The Kier molecular flexibility index (Phi) is 3.73. The van der Waals surface area contributed by atoms with E-state index in [0.29, 0.717) is 0 Å². The van der Waals surface area contributed by atoms with Gasteiger partial charge in [-0.2, -0.15) is 0 Å². The molecule has 2 heteroatoms. The number of aromatic amines is 1. The zero-order valence-corrected chi connectivity index (χ0v) is 9.85. The van der Waals surface area contributed by atoms with Crippen LogP contribution in [-0.4, -0.2) is 9.97 Å². The van der Waals surface area contributed by atoms with Crippen LogP contribution < -0.4 is 0 Å². The molecule has 0 spiro atoms. The predicted octanol–water partition coefficient (Wildman–Crippen LogP) is 3.44. The smallest absolute Gasteiger partial charge is 0.106 e. The van der Waals surface area contributed by atoms with Gasteiger partial charge in [-0.1, -0.05) is 34.1 Å². The van der Waals surface area contributed by atoms with Crippen LogP contribution in [0.15, 0.2) is 6.20 Å². The third kappa shape index (κ3) is 2.60. The molecule has 0 amide bonds. The summed E-state index contributed by atoms with van der Waals surface area (Å²) in [5.74, 6) is 1.14. The lowest BCUT2D eigenvalue weighted by molar-refractivity contribution is 0.491. The van der Waals surface area contributed by atoms with Gasteiger partial charge >= 0.3 is 0 Å². The maximum atomic E-state index is 4.41. The van der Waals surface area contributed by atoms with Gasteiger partial charge in [0.2, 0.25) is 0 Å². The van der Waals surface area contributed by atoms with Crippen LogP contribution in [0, 0.1) is 0 Å². The summed E-state index contributed by atoms with van der Waals surface area (Å²) >= 11 is 0. The van der Waals surface area contributed by atoms with E-state index < -0.39 is 0 Å². The van der Waals surface area contributed by atoms with Gasteiger partial charge in [0.15, 0.2) is 0 Å². The summed E-state index contributed by atoms with van der Waals surface area (Å²) in [6.45, 7) is 8.93. The van der Waals surface area contributed by atoms with Gasteiger partial charge in [-0.3, -0.25) is 0 Å². The highest BCUT2D eigenvalue weighted by Gasteiger charge is 2.20. The van der Waals surface area contributed by atoms with E-state index in [1.54, 1.807) is 0 Å². The quantitative estimate of drug-likeness (QED) is 0.764. The Morgan fingerprint density at radius 3 is 2.64 bits per heavy atom. The zero-order chi connectivity index (χ0) is 10.6. The third-order valence-electron chi connectivity index (χ3n) is 3.01. The van der Waals surface area contributed by atoms with E-state index in [4.69, 9.17) is 0 Å². The fourth-order valence-electron chi connectivity index (χ4n) is 1.37. The standard InChI is InChI=1S/C12H22N2/c1-5-7-8-11-13-9-10(14-11)12(3,4)6-2/h9H,5-8H2,1-4H3,(H,13,14). The van der Waals surface area contributed by atoms with Crippen molar-refractivity contribution in [2.24, 2.45) is 0 Å². The second-order valence-corrected chi connectivity index (χ2v) is 4.58. The van der Waals surface area contributed by atoms with Gasteiger partial charge in [-0.25, -0.2) is 4.98 Å². The Morgan fingerprint density at radius 1 is 1.36 bits per heavy atom. The molecule has 0 atom stereocenters. The van der Waals surface area contributed by atoms with Crippen molar-refractivity contribution in [1.82, 2.24) is 9.97 Å². The minimum Gasteiger partial charge on any atom is -0.345 e. The molecular weight excluding hydrogens is 172 g/mol. The summed E-state index contributed by atoms with van der Waals surface area (Å²) in [5, 5.41) is 0. The number of nitrogens with one attached hydrogen (secondary N) is 1. The molecule has 1 heterocycles. The predicted molar refractivity (Wildman–Crippen MR) is 60.5 cm³/mol. The Labute approximate surface area is 87.1 Å². The first-order valence-corrected chi connectivity index (χ1v) is 5.64. The fourth-order valence-corrected chi connectivity index (χ4v) is 1.37. The second kappa shape index (κ2) is 4.63. The van der Waals surface area contributed by atoms with Crippen LogP contribution in [0.3, 0.4) is 0 Å². The van der Waals surface area contributed by atoms with Gasteiger partial charge in [-0.15, -0.1) is 0 Å². The first kappa shape index (κ1) is 11.3. The summed E-state index contributed by atoms with van der Waals surface area (Å²) < 4.78 is 0. The molecule has 0 fully saturated rings. The maximum Gasteiger partial charge on any atom is 0.106 e. The summed E-state index contributed by atoms with van der Waals surface area (Å²) in [5.41, 5.74) is 1.50. The van der Waals surface area contributed by atoms with Crippen molar-refractivity contribution in [3.63, 3.8) is 0 Å². The SMILES string of the molecule is CCCCc1ncc(C(C)(C)CC)[nH]1. The lowest BCUT2D eigenvalue weighted by atomic mass is 9.87. The van der Waals surface area contributed by atoms with Gasteiger partial charge in [0, 0.05) is 23.7 Å². The number of hydrogen-bond acceptors (Lipinski definition) is 1. The topological polar surface area (TPSA) is 28.7 Å². The highest BCUT2D eigenvalue weighted by atomic mass is 14.9. The molecule has 0 aliphatic heterocycles. The number of H-pyrrole nitrogens is 1. The van der Waals surface area contributed by atoms with Crippen molar-refractivity contribution in [2.75, 3.05) is 0 Å². The maximum absolute atomic E-state index is 4.41. The number of aromatic nitrogens is 2. The molecular formula is C12H22N2. The van der Waals surface area contributed by atoms with Gasteiger partial charge < -0.3 is 4.98 Å². The van der Waals surface area contributed by atoms with Crippen LogP contribution in [0.25, 0.3) is 0 Å². The molecule has 1 N–H and O–H groups in total. The number of imidazole rings is 1. The van der Waals surface area contributed by atoms with Gasteiger partial charge in [0.25, 0.3) is 0 Å². The molecule has 1 aromatic rings. The number of hydrogen-bond donors (Lipinski definition) is 1. The minimum atomic E-state index is 0.234. The molecule has 0 radical (unpaired) electrons. The molecule has 0 bridgehead atoms. The molecule has 1 aromatic heterocycles. The molecule has 0 aromatic carbocycles. The van der Waals surface area contributed by atoms with Crippen LogP contribution in [0.2, 0.25) is 0 Å². The third-order valence-corrected chi connectivity index (χ3v) is 3.01. The summed E-state index contributed by atoms with van der Waals surface area (Å²) in [4.78, 5) is 7.84. The van der Waals surface area contributed by atoms with E-state index in [2.05, 4.69) is 37.7 Å². The Morgan fingerprint density at radius 2 is 2.07 bits per heavy atom. The van der Waals surface area contributed by atoms with E-state index in [1.165, 1.54) is 18.5 Å². The average Bonchev–Trinajstić information content (AvgIpc) is 2.63. The van der Waals surface area contributed by atoms with E-state index >= 15 is 0 Å². The Balaban J connectivity index is 2.67. The molecule has 1 rings (SSSR count). The van der Waals surface area contributed by atoms with E-state index in [1.807, 2.05) is 6.20 Å². The highest BCUT2D eigenvalue weighted by Crippen LogP contribution is 2.24. The Hall–Kier alpha value is -0.790. The van der Waals surface area contributed by atoms with E-state index in [0.717, 1.165) is 18.7 Å². The molecule has 80 valence electrons. The number of unbranched alkanes of at least 4 members (excludes halogenated alkanes) is 1. The van der Waals surface area contributed by atoms with Crippen molar-refractivity contribution < 1.29 is 0 Å². The molecule has 0 saturated heterocycles. The van der Waals surface area contributed by atoms with Crippen LogP contribution >= 0.6 is 0 Å². The van der Waals surface area contributed by atoms with Crippen molar-refractivity contribution in [3.8, 4) is 0 Å².